The average Bonchev–Trinajstić information content (AvgIpc) is 3.30. The molecule has 1 aliphatic rings. The Morgan fingerprint density at radius 2 is 1.79 bits per heavy atom. The lowest BCUT2D eigenvalue weighted by Crippen LogP contribution is -2.30. The Kier molecular flexibility index (Phi) is 6.14. The summed E-state index contributed by atoms with van der Waals surface area (Å²) in [5.74, 6) is -0.586. The maximum absolute atomic E-state index is 13.2. The maximum Gasteiger partial charge on any atom is 0.295 e. The zero-order valence-corrected chi connectivity index (χ0v) is 19.3. The quantitative estimate of drug-likeness (QED) is 0.329. The van der Waals surface area contributed by atoms with Gasteiger partial charge in [-0.15, -0.1) is 0 Å². The normalized spacial score (nSPS) is 17.7. The maximum atomic E-state index is 13.2. The molecule has 1 fully saturated rings. The minimum Gasteiger partial charge on any atom is -0.507 e. The molecule has 2 aromatic carbocycles. The molecule has 172 valence electrons. The Labute approximate surface area is 192 Å². The highest BCUT2D eigenvalue weighted by molar-refractivity contribution is 6.46. The molecule has 4 rings (SSSR count). The molecule has 1 saturated heterocycles. The summed E-state index contributed by atoms with van der Waals surface area (Å²) in [6, 6.07) is 12.1. The third-order valence-corrected chi connectivity index (χ3v) is 6.17. The number of amides is 1. The molecule has 1 aliphatic heterocycles. The first-order chi connectivity index (χ1) is 15.9. The number of aliphatic hydroxyl groups is 1. The van der Waals surface area contributed by atoms with Crippen LogP contribution in [0.4, 0.5) is 0 Å². The van der Waals surface area contributed by atoms with Gasteiger partial charge < -0.3 is 24.0 Å². The van der Waals surface area contributed by atoms with Gasteiger partial charge in [-0.25, -0.2) is 0 Å². The number of carbonyl (C=O) groups is 2. The van der Waals surface area contributed by atoms with Crippen molar-refractivity contribution in [3.63, 3.8) is 0 Å². The number of benzene rings is 2. The number of nitrogens with zero attached hydrogens (tertiary/aromatic N) is 2. The van der Waals surface area contributed by atoms with E-state index in [-0.39, 0.29) is 11.3 Å². The van der Waals surface area contributed by atoms with Crippen LogP contribution in [-0.2, 0) is 16.6 Å². The molecular formula is C26H28N2O5. The van der Waals surface area contributed by atoms with Crippen LogP contribution in [-0.4, -0.2) is 47.0 Å². The summed E-state index contributed by atoms with van der Waals surface area (Å²) in [4.78, 5) is 27.9. The summed E-state index contributed by atoms with van der Waals surface area (Å²) >= 11 is 0. The van der Waals surface area contributed by atoms with Gasteiger partial charge in [0, 0.05) is 41.8 Å². The summed E-state index contributed by atoms with van der Waals surface area (Å²) in [5.41, 5.74) is 2.26. The van der Waals surface area contributed by atoms with Crippen molar-refractivity contribution in [2.45, 2.75) is 25.8 Å². The van der Waals surface area contributed by atoms with E-state index in [1.807, 2.05) is 49.0 Å². The van der Waals surface area contributed by atoms with Gasteiger partial charge in [0.1, 0.15) is 5.76 Å². The molecule has 1 aromatic heterocycles. The molecule has 3 aromatic rings. The highest BCUT2D eigenvalue weighted by Crippen LogP contribution is 2.43. The number of ether oxygens (including phenoxy) is 2. The van der Waals surface area contributed by atoms with Gasteiger partial charge in [-0.05, 0) is 30.7 Å². The molecule has 1 amide bonds. The molecule has 1 atom stereocenters. The zero-order chi connectivity index (χ0) is 23.7. The van der Waals surface area contributed by atoms with Crippen LogP contribution >= 0.6 is 0 Å². The van der Waals surface area contributed by atoms with Crippen LogP contribution < -0.4 is 9.47 Å². The molecular weight excluding hydrogens is 420 g/mol. The molecule has 0 saturated carbocycles. The fraction of sp³-hybridized carbons (Fsp3) is 0.308. The van der Waals surface area contributed by atoms with E-state index in [1.54, 1.807) is 23.1 Å². The number of fused-ring (bicyclic) bond motifs is 1. The van der Waals surface area contributed by atoms with Gasteiger partial charge in [-0.2, -0.15) is 0 Å². The number of aryl methyl sites for hydroxylation is 1. The van der Waals surface area contributed by atoms with Gasteiger partial charge in [-0.3, -0.25) is 9.59 Å². The molecule has 0 spiro atoms. The third-order valence-electron chi connectivity index (χ3n) is 6.17. The van der Waals surface area contributed by atoms with E-state index in [4.69, 9.17) is 9.47 Å². The standard InChI is InChI=1S/C26H28N2O5/c1-5-6-13-28-23(18-15-27(2)19-10-8-7-9-17(18)19)22(25(30)26(28)31)24(29)16-11-12-20(32-3)21(14-16)33-4/h7-12,14-15,23,29H,5-6,13H2,1-4H3/b24-22+. The van der Waals surface area contributed by atoms with Gasteiger partial charge in [0.2, 0.25) is 0 Å². The number of aliphatic hydroxyl groups excluding tert-OH is 1. The zero-order valence-electron chi connectivity index (χ0n) is 19.3. The number of para-hydroxylation sites is 1. The smallest absolute Gasteiger partial charge is 0.295 e. The van der Waals surface area contributed by atoms with Crippen LogP contribution in [0, 0.1) is 0 Å². The fourth-order valence-corrected chi connectivity index (χ4v) is 4.49. The van der Waals surface area contributed by atoms with Crippen molar-refractivity contribution in [1.29, 1.82) is 0 Å². The van der Waals surface area contributed by atoms with Crippen LogP contribution in [0.15, 0.2) is 54.2 Å². The highest BCUT2D eigenvalue weighted by atomic mass is 16.5. The molecule has 1 N–H and O–H groups in total. The van der Waals surface area contributed by atoms with Crippen molar-refractivity contribution in [3.8, 4) is 11.5 Å². The number of hydrogen-bond donors (Lipinski definition) is 1. The first-order valence-corrected chi connectivity index (χ1v) is 11.0. The summed E-state index contributed by atoms with van der Waals surface area (Å²) in [5, 5.41) is 12.3. The number of unbranched alkanes of at least 4 members (excludes halogenated alkanes) is 1. The van der Waals surface area contributed by atoms with Crippen molar-refractivity contribution >= 4 is 28.4 Å². The Morgan fingerprint density at radius 1 is 1.06 bits per heavy atom. The van der Waals surface area contributed by atoms with Crippen molar-refractivity contribution in [2.24, 2.45) is 7.05 Å². The van der Waals surface area contributed by atoms with E-state index in [0.717, 1.165) is 29.3 Å². The largest absolute Gasteiger partial charge is 0.507 e. The Hall–Kier alpha value is -3.74. The molecule has 1 unspecified atom stereocenters. The van der Waals surface area contributed by atoms with Gasteiger partial charge in [-0.1, -0.05) is 31.5 Å². The van der Waals surface area contributed by atoms with Crippen molar-refractivity contribution in [3.05, 3.63) is 65.4 Å². The van der Waals surface area contributed by atoms with Crippen molar-refractivity contribution in [2.75, 3.05) is 20.8 Å². The predicted molar refractivity (Wildman–Crippen MR) is 126 cm³/mol. The summed E-state index contributed by atoms with van der Waals surface area (Å²) in [7, 11) is 4.96. The minimum absolute atomic E-state index is 0.0830. The van der Waals surface area contributed by atoms with E-state index in [0.29, 0.717) is 23.6 Å². The van der Waals surface area contributed by atoms with E-state index < -0.39 is 17.7 Å². The molecule has 0 radical (unpaired) electrons. The molecule has 7 heteroatoms. The van der Waals surface area contributed by atoms with Crippen molar-refractivity contribution < 1.29 is 24.2 Å². The van der Waals surface area contributed by atoms with Crippen LogP contribution in [0.2, 0.25) is 0 Å². The SMILES string of the molecule is CCCCN1C(=O)C(=O)/C(=C(/O)c2ccc(OC)c(OC)c2)C1c1cn(C)c2ccccc12. The fourth-order valence-electron chi connectivity index (χ4n) is 4.49. The monoisotopic (exact) mass is 448 g/mol. The number of methoxy groups -OCH3 is 2. The Morgan fingerprint density at radius 3 is 2.48 bits per heavy atom. The lowest BCUT2D eigenvalue weighted by molar-refractivity contribution is -0.139. The second kappa shape index (κ2) is 9.02. The summed E-state index contributed by atoms with van der Waals surface area (Å²) in [6.07, 6.45) is 3.56. The number of rotatable bonds is 7. The Bertz CT molecular complexity index is 1260. The molecule has 7 nitrogen and oxygen atoms in total. The predicted octanol–water partition coefficient (Wildman–Crippen LogP) is 4.42. The number of ketones is 1. The topological polar surface area (TPSA) is 81.0 Å². The highest BCUT2D eigenvalue weighted by Gasteiger charge is 2.46. The van der Waals surface area contributed by atoms with Gasteiger partial charge >= 0.3 is 0 Å². The lowest BCUT2D eigenvalue weighted by Gasteiger charge is -2.24. The summed E-state index contributed by atoms with van der Waals surface area (Å²) < 4.78 is 12.6. The lowest BCUT2D eigenvalue weighted by atomic mass is 9.94. The number of Topliss-reactive ketones (excluding diaryl/α,β-unsaturated/α-hetero) is 1. The molecule has 2 heterocycles. The molecule has 33 heavy (non-hydrogen) atoms. The molecule has 0 bridgehead atoms. The number of likely N-dealkylation sites (tertiary alicyclic amines) is 1. The van der Waals surface area contributed by atoms with E-state index in [1.165, 1.54) is 14.2 Å². The summed E-state index contributed by atoms with van der Waals surface area (Å²) in [6.45, 7) is 2.46. The second-order valence-corrected chi connectivity index (χ2v) is 8.13. The number of hydrogen-bond acceptors (Lipinski definition) is 5. The van der Waals surface area contributed by atoms with Crippen molar-refractivity contribution in [1.82, 2.24) is 9.47 Å². The molecule has 0 aliphatic carbocycles. The number of carbonyl (C=O) groups excluding carboxylic acids is 2. The van der Waals surface area contributed by atoms with Crippen LogP contribution in [0.1, 0.15) is 36.9 Å². The first-order valence-electron chi connectivity index (χ1n) is 11.0. The van der Waals surface area contributed by atoms with Crippen LogP contribution in [0.3, 0.4) is 0 Å². The van der Waals surface area contributed by atoms with Gasteiger partial charge in [0.25, 0.3) is 11.7 Å². The Balaban J connectivity index is 1.94. The van der Waals surface area contributed by atoms with Crippen LogP contribution in [0.25, 0.3) is 16.7 Å². The second-order valence-electron chi connectivity index (χ2n) is 8.13. The van der Waals surface area contributed by atoms with Gasteiger partial charge in [0.15, 0.2) is 11.5 Å². The average molecular weight is 449 g/mol. The van der Waals surface area contributed by atoms with Gasteiger partial charge in [0.05, 0.1) is 25.8 Å². The number of aromatic nitrogens is 1. The van der Waals surface area contributed by atoms with E-state index >= 15 is 0 Å². The van der Waals surface area contributed by atoms with E-state index in [9.17, 15) is 14.7 Å². The third kappa shape index (κ3) is 3.73. The van der Waals surface area contributed by atoms with E-state index in [2.05, 4.69) is 0 Å². The minimum atomic E-state index is -0.684. The first kappa shape index (κ1) is 22.5. The van der Waals surface area contributed by atoms with Crippen LogP contribution in [0.5, 0.6) is 11.5 Å².